The first-order valence-electron chi connectivity index (χ1n) is 9.81. The largest absolute Gasteiger partial charge is 0.349 e. The van der Waals surface area contributed by atoms with Crippen molar-refractivity contribution in [3.63, 3.8) is 0 Å². The van der Waals surface area contributed by atoms with E-state index in [0.29, 0.717) is 19.4 Å². The van der Waals surface area contributed by atoms with Crippen molar-refractivity contribution in [2.75, 3.05) is 13.1 Å². The lowest BCUT2D eigenvalue weighted by Crippen LogP contribution is -2.45. The third-order valence-corrected chi connectivity index (χ3v) is 7.48. The minimum absolute atomic E-state index is 0.0449. The van der Waals surface area contributed by atoms with E-state index in [1.165, 1.54) is 22.0 Å². The molecule has 1 N–H and O–H groups in total. The first-order chi connectivity index (χ1) is 13.7. The summed E-state index contributed by atoms with van der Waals surface area (Å²) in [5.74, 6) is -1.04. The smallest absolute Gasteiger partial charge is 0.243 e. The summed E-state index contributed by atoms with van der Waals surface area (Å²) in [6, 6.07) is 10.7. The van der Waals surface area contributed by atoms with Gasteiger partial charge in [-0.2, -0.15) is 4.31 Å². The topological polar surface area (TPSA) is 66.5 Å². The van der Waals surface area contributed by atoms with Gasteiger partial charge in [-0.3, -0.25) is 4.79 Å². The number of nitrogens with one attached hydrogen (secondary N) is 1. The molecule has 0 spiro atoms. The number of nitrogens with zero attached hydrogens (tertiary/aromatic N) is 1. The van der Waals surface area contributed by atoms with Crippen LogP contribution in [0.4, 0.5) is 4.39 Å². The minimum Gasteiger partial charge on any atom is -0.349 e. The molecule has 0 radical (unpaired) electrons. The molecule has 7 heteroatoms. The maximum atomic E-state index is 13.1. The number of hydrogen-bond donors (Lipinski definition) is 1. The highest BCUT2D eigenvalue weighted by molar-refractivity contribution is 7.89. The molecule has 0 bridgehead atoms. The Morgan fingerprint density at radius 2 is 1.83 bits per heavy atom. The molecule has 1 heterocycles. The molecule has 0 aliphatic carbocycles. The van der Waals surface area contributed by atoms with E-state index in [9.17, 15) is 17.6 Å². The lowest BCUT2D eigenvalue weighted by atomic mass is 9.97. The zero-order valence-electron chi connectivity index (χ0n) is 17.0. The number of sulfonamides is 1. The van der Waals surface area contributed by atoms with Crippen LogP contribution in [0.3, 0.4) is 0 Å². The molecule has 1 aliphatic heterocycles. The van der Waals surface area contributed by atoms with Gasteiger partial charge in [0.05, 0.1) is 16.9 Å². The number of rotatable bonds is 5. The zero-order chi connectivity index (χ0) is 21.2. The number of hydrogen-bond acceptors (Lipinski definition) is 3. The van der Waals surface area contributed by atoms with Crippen LogP contribution in [0, 0.1) is 25.6 Å². The molecule has 1 aliphatic rings. The second-order valence-electron chi connectivity index (χ2n) is 7.73. The molecule has 2 aromatic carbocycles. The summed E-state index contributed by atoms with van der Waals surface area (Å²) in [5, 5.41) is 3.02. The van der Waals surface area contributed by atoms with Gasteiger partial charge >= 0.3 is 0 Å². The molecule has 0 saturated carbocycles. The highest BCUT2D eigenvalue weighted by Crippen LogP contribution is 2.25. The molecule has 2 aromatic rings. The van der Waals surface area contributed by atoms with Gasteiger partial charge in [0, 0.05) is 13.1 Å². The number of carbonyl (C=O) groups is 1. The Kier molecular flexibility index (Phi) is 6.39. The number of aryl methyl sites for hydroxylation is 2. The fraction of sp³-hybridized carbons (Fsp3) is 0.409. The minimum atomic E-state index is -3.75. The maximum absolute atomic E-state index is 13.1. The van der Waals surface area contributed by atoms with Gasteiger partial charge in [0.25, 0.3) is 0 Å². The molecular weight excluding hydrogens is 391 g/mol. The summed E-state index contributed by atoms with van der Waals surface area (Å²) in [6.45, 7) is 6.49. The summed E-state index contributed by atoms with van der Waals surface area (Å²) >= 11 is 0. The Labute approximate surface area is 172 Å². The highest BCUT2D eigenvalue weighted by atomic mass is 32.2. The Hall–Kier alpha value is -2.25. The van der Waals surface area contributed by atoms with E-state index in [2.05, 4.69) is 11.4 Å². The standard InChI is InChI=1S/C22H27FN2O3S/c1-15-6-7-18(13-16(15)2)17(3)24-22(26)19-5-4-12-25(14-19)29(27,28)21-10-8-20(23)9-11-21/h6-11,13,17,19H,4-5,12,14H2,1-3H3,(H,24,26)/t17-,19+/m1/s1. The Morgan fingerprint density at radius 3 is 2.48 bits per heavy atom. The lowest BCUT2D eigenvalue weighted by molar-refractivity contribution is -0.126. The molecule has 1 amide bonds. The van der Waals surface area contributed by atoms with Crippen LogP contribution in [0.15, 0.2) is 47.4 Å². The maximum Gasteiger partial charge on any atom is 0.243 e. The van der Waals surface area contributed by atoms with Crippen LogP contribution >= 0.6 is 0 Å². The highest BCUT2D eigenvalue weighted by Gasteiger charge is 2.33. The molecule has 2 atom stereocenters. The van der Waals surface area contributed by atoms with Crippen molar-refractivity contribution in [3.8, 4) is 0 Å². The van der Waals surface area contributed by atoms with Crippen molar-refractivity contribution in [2.45, 2.75) is 44.6 Å². The average molecular weight is 419 g/mol. The summed E-state index contributed by atoms with van der Waals surface area (Å²) in [5.41, 5.74) is 3.38. The SMILES string of the molecule is Cc1ccc([C@@H](C)NC(=O)[C@H]2CCCN(S(=O)(=O)c3ccc(F)cc3)C2)cc1C. The molecular formula is C22H27FN2O3S. The van der Waals surface area contributed by atoms with Crippen molar-refractivity contribution in [2.24, 2.45) is 5.92 Å². The van der Waals surface area contributed by atoms with Gasteiger partial charge < -0.3 is 5.32 Å². The van der Waals surface area contributed by atoms with Gasteiger partial charge in [-0.25, -0.2) is 12.8 Å². The number of carbonyl (C=O) groups excluding carboxylic acids is 1. The quantitative estimate of drug-likeness (QED) is 0.805. The van der Waals surface area contributed by atoms with Crippen molar-refractivity contribution < 1.29 is 17.6 Å². The summed E-state index contributed by atoms with van der Waals surface area (Å²) < 4.78 is 40.2. The van der Waals surface area contributed by atoms with Gasteiger partial charge in [-0.15, -0.1) is 0 Å². The molecule has 1 saturated heterocycles. The van der Waals surface area contributed by atoms with E-state index in [-0.39, 0.29) is 23.4 Å². The summed E-state index contributed by atoms with van der Waals surface area (Å²) in [4.78, 5) is 12.9. The number of amides is 1. The van der Waals surface area contributed by atoms with Crippen LogP contribution in [0.1, 0.15) is 42.5 Å². The number of halogens is 1. The van der Waals surface area contributed by atoms with Crippen LogP contribution in [-0.2, 0) is 14.8 Å². The monoisotopic (exact) mass is 418 g/mol. The molecule has 3 rings (SSSR count). The predicted octanol–water partition coefficient (Wildman–Crippen LogP) is 3.72. The van der Waals surface area contributed by atoms with Crippen molar-refractivity contribution in [1.29, 1.82) is 0 Å². The summed E-state index contributed by atoms with van der Waals surface area (Å²) in [7, 11) is -3.75. The Morgan fingerprint density at radius 1 is 1.14 bits per heavy atom. The second kappa shape index (κ2) is 8.63. The van der Waals surface area contributed by atoms with Crippen LogP contribution in [0.25, 0.3) is 0 Å². The van der Waals surface area contributed by atoms with Gasteiger partial charge in [0.1, 0.15) is 5.82 Å². The average Bonchev–Trinajstić information content (AvgIpc) is 2.70. The molecule has 0 unspecified atom stereocenters. The zero-order valence-corrected chi connectivity index (χ0v) is 17.8. The van der Waals surface area contributed by atoms with Crippen molar-refractivity contribution in [3.05, 3.63) is 65.0 Å². The fourth-order valence-corrected chi connectivity index (χ4v) is 5.10. The van der Waals surface area contributed by atoms with E-state index < -0.39 is 21.8 Å². The van der Waals surface area contributed by atoms with Crippen LogP contribution in [0.2, 0.25) is 0 Å². The Balaban J connectivity index is 1.68. The molecule has 29 heavy (non-hydrogen) atoms. The molecule has 156 valence electrons. The number of piperidine rings is 1. The molecule has 0 aromatic heterocycles. The van der Waals surface area contributed by atoms with E-state index in [1.807, 2.05) is 32.9 Å². The normalized spacial score (nSPS) is 19.0. The fourth-order valence-electron chi connectivity index (χ4n) is 3.58. The first kappa shape index (κ1) is 21.5. The molecule has 1 fully saturated rings. The van der Waals surface area contributed by atoms with Gasteiger partial charge in [0.2, 0.25) is 15.9 Å². The van der Waals surface area contributed by atoms with Crippen molar-refractivity contribution >= 4 is 15.9 Å². The first-order valence-corrected chi connectivity index (χ1v) is 11.3. The summed E-state index contributed by atoms with van der Waals surface area (Å²) in [6.07, 6.45) is 1.25. The van der Waals surface area contributed by atoms with Gasteiger partial charge in [-0.1, -0.05) is 18.2 Å². The van der Waals surface area contributed by atoms with Crippen LogP contribution in [-0.4, -0.2) is 31.7 Å². The number of benzene rings is 2. The van der Waals surface area contributed by atoms with Crippen molar-refractivity contribution in [1.82, 2.24) is 9.62 Å². The lowest BCUT2D eigenvalue weighted by Gasteiger charge is -2.32. The van der Waals surface area contributed by atoms with Crippen LogP contribution in [0.5, 0.6) is 0 Å². The van der Waals surface area contributed by atoms with E-state index in [0.717, 1.165) is 23.3 Å². The third kappa shape index (κ3) is 4.85. The van der Waals surface area contributed by atoms with Gasteiger partial charge in [0.15, 0.2) is 0 Å². The van der Waals surface area contributed by atoms with E-state index in [1.54, 1.807) is 0 Å². The van der Waals surface area contributed by atoms with Gasteiger partial charge in [-0.05, 0) is 74.6 Å². The predicted molar refractivity (Wildman–Crippen MR) is 110 cm³/mol. The Bertz CT molecular complexity index is 990. The van der Waals surface area contributed by atoms with E-state index in [4.69, 9.17) is 0 Å². The van der Waals surface area contributed by atoms with E-state index >= 15 is 0 Å². The third-order valence-electron chi connectivity index (χ3n) is 5.60. The molecule has 5 nitrogen and oxygen atoms in total. The van der Waals surface area contributed by atoms with Crippen LogP contribution < -0.4 is 5.32 Å². The second-order valence-corrected chi connectivity index (χ2v) is 9.67.